The molecule has 1 fully saturated rings. The summed E-state index contributed by atoms with van der Waals surface area (Å²) in [5.41, 5.74) is 1.34. The van der Waals surface area contributed by atoms with Crippen molar-refractivity contribution in [3.05, 3.63) is 35.9 Å². The summed E-state index contributed by atoms with van der Waals surface area (Å²) in [6.45, 7) is 0. The summed E-state index contributed by atoms with van der Waals surface area (Å²) in [5, 5.41) is -0.221. The lowest BCUT2D eigenvalue weighted by Gasteiger charge is -2.12. The van der Waals surface area contributed by atoms with Crippen molar-refractivity contribution in [3.8, 4) is 0 Å². The molecule has 68 valence electrons. The number of carbonyl (C=O) groups is 1. The first-order valence-electron chi connectivity index (χ1n) is 4.47. The lowest BCUT2D eigenvalue weighted by molar-refractivity contribution is -0.112. The van der Waals surface area contributed by atoms with E-state index in [1.165, 1.54) is 5.56 Å². The van der Waals surface area contributed by atoms with E-state index in [1.807, 2.05) is 18.2 Å². The van der Waals surface area contributed by atoms with Crippen molar-refractivity contribution < 1.29 is 4.79 Å². The topological polar surface area (TPSA) is 17.1 Å². The first kappa shape index (κ1) is 8.76. The number of hydrogen-bond donors (Lipinski definition) is 0. The smallest absolute Gasteiger partial charge is 0.222 e. The number of hydrogen-bond acceptors (Lipinski definition) is 1. The third-order valence-corrected chi connectivity index (χ3v) is 2.85. The molecule has 1 aromatic rings. The van der Waals surface area contributed by atoms with Crippen molar-refractivity contribution >= 4 is 16.8 Å². The van der Waals surface area contributed by atoms with Gasteiger partial charge in [-0.2, -0.15) is 0 Å². The maximum Gasteiger partial charge on any atom is 0.222 e. The van der Waals surface area contributed by atoms with E-state index in [-0.39, 0.29) is 10.7 Å². The van der Waals surface area contributed by atoms with Crippen molar-refractivity contribution in [3.63, 3.8) is 0 Å². The van der Waals surface area contributed by atoms with Gasteiger partial charge in [0.1, 0.15) is 0 Å². The fourth-order valence-electron chi connectivity index (χ4n) is 1.78. The Labute approximate surface area is 82.7 Å². The van der Waals surface area contributed by atoms with E-state index in [0.717, 1.165) is 12.8 Å². The van der Waals surface area contributed by atoms with Crippen LogP contribution in [-0.4, -0.2) is 5.24 Å². The second kappa shape index (κ2) is 3.15. The van der Waals surface area contributed by atoms with E-state index in [1.54, 1.807) is 0 Å². The molecule has 2 heteroatoms. The van der Waals surface area contributed by atoms with Crippen molar-refractivity contribution in [2.24, 2.45) is 0 Å². The molecule has 1 saturated carbocycles. The van der Waals surface area contributed by atoms with Crippen molar-refractivity contribution in [2.45, 2.75) is 24.7 Å². The van der Waals surface area contributed by atoms with Crippen LogP contribution in [-0.2, 0) is 10.2 Å². The monoisotopic (exact) mass is 194 g/mol. The molecule has 1 aliphatic rings. The Morgan fingerprint density at radius 1 is 1.31 bits per heavy atom. The van der Waals surface area contributed by atoms with Gasteiger partial charge in [-0.05, 0) is 30.0 Å². The molecule has 0 heterocycles. The molecule has 1 aromatic carbocycles. The zero-order valence-corrected chi connectivity index (χ0v) is 8.05. The largest absolute Gasteiger partial charge is 0.281 e. The fraction of sp³-hybridized carbons (Fsp3) is 0.364. The lowest BCUT2D eigenvalue weighted by Crippen LogP contribution is -2.09. The van der Waals surface area contributed by atoms with E-state index in [4.69, 9.17) is 11.6 Å². The van der Waals surface area contributed by atoms with Gasteiger partial charge < -0.3 is 0 Å². The predicted molar refractivity (Wildman–Crippen MR) is 52.8 cm³/mol. The Morgan fingerprint density at radius 3 is 2.38 bits per heavy atom. The highest BCUT2D eigenvalue weighted by atomic mass is 35.5. The van der Waals surface area contributed by atoms with Gasteiger partial charge >= 0.3 is 0 Å². The van der Waals surface area contributed by atoms with Gasteiger partial charge in [0.25, 0.3) is 0 Å². The normalized spacial score (nSPS) is 18.2. The molecule has 0 bridgehead atoms. The molecule has 0 amide bonds. The Balaban J connectivity index is 2.21. The predicted octanol–water partition coefficient (Wildman–Crippen LogP) is 2.87. The van der Waals surface area contributed by atoms with Gasteiger partial charge in [-0.25, -0.2) is 0 Å². The van der Waals surface area contributed by atoms with Crippen molar-refractivity contribution in [2.75, 3.05) is 0 Å². The number of rotatable bonds is 3. The van der Waals surface area contributed by atoms with E-state index >= 15 is 0 Å². The highest BCUT2D eigenvalue weighted by Crippen LogP contribution is 2.51. The molecular formula is C11H11ClO. The number of benzene rings is 1. The molecular weight excluding hydrogens is 184 g/mol. The number of carbonyl (C=O) groups excluding carboxylic acids is 1. The van der Waals surface area contributed by atoms with Crippen LogP contribution in [0.1, 0.15) is 24.8 Å². The van der Waals surface area contributed by atoms with E-state index < -0.39 is 0 Å². The van der Waals surface area contributed by atoms with Crippen molar-refractivity contribution in [1.82, 2.24) is 0 Å². The molecule has 0 radical (unpaired) electrons. The highest BCUT2D eigenvalue weighted by Gasteiger charge is 2.45. The summed E-state index contributed by atoms with van der Waals surface area (Å²) in [7, 11) is 0. The summed E-state index contributed by atoms with van der Waals surface area (Å²) in [5.74, 6) is 0. The summed E-state index contributed by atoms with van der Waals surface area (Å²) in [6.07, 6.45) is 2.67. The van der Waals surface area contributed by atoms with Crippen LogP contribution < -0.4 is 0 Å². The maximum atomic E-state index is 10.8. The molecule has 2 rings (SSSR count). The summed E-state index contributed by atoms with van der Waals surface area (Å²) < 4.78 is 0. The van der Waals surface area contributed by atoms with Crippen LogP contribution in [0.15, 0.2) is 30.3 Å². The van der Waals surface area contributed by atoms with Gasteiger partial charge in [-0.15, -0.1) is 0 Å². The zero-order valence-electron chi connectivity index (χ0n) is 7.29. The molecule has 0 aliphatic heterocycles. The van der Waals surface area contributed by atoms with Gasteiger partial charge in [0.05, 0.1) is 0 Å². The van der Waals surface area contributed by atoms with Crippen LogP contribution in [0.3, 0.4) is 0 Å². The van der Waals surface area contributed by atoms with Gasteiger partial charge in [-0.3, -0.25) is 4.79 Å². The van der Waals surface area contributed by atoms with Crippen molar-refractivity contribution in [1.29, 1.82) is 0 Å². The first-order chi connectivity index (χ1) is 6.23. The Hall–Kier alpha value is -0.820. The minimum Gasteiger partial charge on any atom is -0.281 e. The van der Waals surface area contributed by atoms with Crippen LogP contribution in [0, 0.1) is 0 Å². The molecule has 0 atom stereocenters. The Morgan fingerprint density at radius 2 is 1.92 bits per heavy atom. The molecule has 13 heavy (non-hydrogen) atoms. The van der Waals surface area contributed by atoms with Gasteiger partial charge in [-0.1, -0.05) is 30.3 Å². The molecule has 1 nitrogen and oxygen atoms in total. The molecule has 0 aromatic heterocycles. The minimum absolute atomic E-state index is 0.0834. The van der Waals surface area contributed by atoms with E-state index in [2.05, 4.69) is 12.1 Å². The van der Waals surface area contributed by atoms with Gasteiger partial charge in [0, 0.05) is 11.8 Å². The van der Waals surface area contributed by atoms with E-state index in [0.29, 0.717) is 6.42 Å². The Kier molecular flexibility index (Phi) is 2.12. The average Bonchev–Trinajstić information content (AvgIpc) is 2.86. The lowest BCUT2D eigenvalue weighted by atomic mass is 9.93. The van der Waals surface area contributed by atoms with E-state index in [9.17, 15) is 4.79 Å². The van der Waals surface area contributed by atoms with Gasteiger partial charge in [0.2, 0.25) is 5.24 Å². The highest BCUT2D eigenvalue weighted by molar-refractivity contribution is 6.63. The first-order valence-corrected chi connectivity index (χ1v) is 4.85. The maximum absolute atomic E-state index is 10.8. The van der Waals surface area contributed by atoms with Crippen LogP contribution in [0.2, 0.25) is 0 Å². The Bertz CT molecular complexity index is 314. The molecule has 0 N–H and O–H groups in total. The van der Waals surface area contributed by atoms with Crippen LogP contribution in [0.25, 0.3) is 0 Å². The minimum atomic E-state index is -0.221. The molecule has 0 spiro atoms. The standard InChI is InChI=1S/C11H11ClO/c12-10(13)8-11(6-7-11)9-4-2-1-3-5-9/h1-5H,6-8H2. The number of halogens is 1. The summed E-state index contributed by atoms with van der Waals surface area (Å²) in [6, 6.07) is 10.2. The second-order valence-electron chi connectivity index (χ2n) is 3.68. The van der Waals surface area contributed by atoms with Crippen LogP contribution in [0.4, 0.5) is 0 Å². The summed E-state index contributed by atoms with van der Waals surface area (Å²) >= 11 is 5.41. The quantitative estimate of drug-likeness (QED) is 0.677. The third kappa shape index (κ3) is 1.75. The SMILES string of the molecule is O=C(Cl)CC1(c2ccccc2)CC1. The molecule has 0 saturated heterocycles. The fourth-order valence-corrected chi connectivity index (χ4v) is 2.03. The molecule has 1 aliphatic carbocycles. The molecule has 0 unspecified atom stereocenters. The van der Waals surface area contributed by atoms with Gasteiger partial charge in [0.15, 0.2) is 0 Å². The van der Waals surface area contributed by atoms with Crippen LogP contribution >= 0.6 is 11.6 Å². The van der Waals surface area contributed by atoms with Crippen LogP contribution in [0.5, 0.6) is 0 Å². The average molecular weight is 195 g/mol. The zero-order chi connectivity index (χ0) is 9.31. The second-order valence-corrected chi connectivity index (χ2v) is 4.10. The summed E-state index contributed by atoms with van der Waals surface area (Å²) in [4.78, 5) is 10.8. The third-order valence-electron chi connectivity index (χ3n) is 2.72.